The van der Waals surface area contributed by atoms with Crippen LogP contribution in [0.1, 0.15) is 24.2 Å². The number of rotatable bonds is 9. The first-order chi connectivity index (χ1) is 11.6. The van der Waals surface area contributed by atoms with Gasteiger partial charge in [-0.05, 0) is 38.6 Å². The van der Waals surface area contributed by atoms with Gasteiger partial charge in [-0.3, -0.25) is 0 Å². The van der Waals surface area contributed by atoms with Crippen LogP contribution in [-0.4, -0.2) is 31.2 Å². The van der Waals surface area contributed by atoms with Gasteiger partial charge >= 0.3 is 6.18 Å². The van der Waals surface area contributed by atoms with Crippen molar-refractivity contribution in [1.29, 1.82) is 5.26 Å². The molecule has 1 aromatic heterocycles. The number of pyridine rings is 1. The summed E-state index contributed by atoms with van der Waals surface area (Å²) in [5.41, 5.74) is -6.23. The van der Waals surface area contributed by atoms with E-state index in [0.29, 0.717) is 25.5 Å². The van der Waals surface area contributed by atoms with Gasteiger partial charge in [-0.2, -0.15) is 27.2 Å². The molecule has 2 N–H and O–H groups in total. The summed E-state index contributed by atoms with van der Waals surface area (Å²) in [7, 11) is 2.89. The van der Waals surface area contributed by atoms with Gasteiger partial charge in [0.25, 0.3) is 11.9 Å². The standard InChI is InChI=1S/C14H18F5N4OP/c1-21-4-2-3-9(7-24-8-20)22-10-5-11(13(15,16)17)23-12(6-10)14(18,19)25/h5-6,9,21H,2-4,7,25H2,1H3,(H,22,23). The minimum atomic E-state index is -4.87. The Kier molecular flexibility index (Phi) is 7.77. The Labute approximate surface area is 144 Å². The minimum absolute atomic E-state index is 0.101. The maximum absolute atomic E-state index is 13.4. The molecule has 25 heavy (non-hydrogen) atoms. The van der Waals surface area contributed by atoms with Gasteiger partial charge in [0.05, 0.1) is 6.04 Å². The monoisotopic (exact) mass is 384 g/mol. The second kappa shape index (κ2) is 9.11. The molecule has 0 aliphatic carbocycles. The summed E-state index contributed by atoms with van der Waals surface area (Å²) in [6, 6.07) is 0.972. The Morgan fingerprint density at radius 2 is 1.92 bits per heavy atom. The number of aromatic nitrogens is 1. The van der Waals surface area contributed by atoms with E-state index in [1.165, 1.54) is 6.26 Å². The third kappa shape index (κ3) is 7.36. The number of alkyl halides is 5. The largest absolute Gasteiger partial charge is 0.433 e. The predicted octanol–water partition coefficient (Wildman–Crippen LogP) is 3.30. The van der Waals surface area contributed by atoms with Crippen LogP contribution in [0.15, 0.2) is 12.1 Å². The summed E-state index contributed by atoms with van der Waals surface area (Å²) in [4.78, 5) is 2.99. The van der Waals surface area contributed by atoms with Gasteiger partial charge in [0.2, 0.25) is 0 Å². The van der Waals surface area contributed by atoms with Crippen molar-refractivity contribution >= 4 is 14.9 Å². The molecule has 0 saturated heterocycles. The Bertz CT molecular complexity index is 568. The molecule has 2 atom stereocenters. The molecule has 1 aromatic rings. The lowest BCUT2D eigenvalue weighted by atomic mass is 10.1. The third-order valence-electron chi connectivity index (χ3n) is 3.16. The van der Waals surface area contributed by atoms with Gasteiger partial charge in [0.1, 0.15) is 18.0 Å². The maximum Gasteiger partial charge on any atom is 0.433 e. The van der Waals surface area contributed by atoms with Crippen LogP contribution < -0.4 is 10.6 Å². The van der Waals surface area contributed by atoms with Crippen LogP contribution >= 0.6 is 9.24 Å². The van der Waals surface area contributed by atoms with E-state index in [2.05, 4.69) is 20.4 Å². The first kappa shape index (κ1) is 21.3. The smallest absolute Gasteiger partial charge is 0.425 e. The average Bonchev–Trinajstić information content (AvgIpc) is 2.50. The Morgan fingerprint density at radius 1 is 1.28 bits per heavy atom. The molecule has 2 unspecified atom stereocenters. The summed E-state index contributed by atoms with van der Waals surface area (Å²) in [6.07, 6.45) is -2.29. The van der Waals surface area contributed by atoms with E-state index in [1.54, 1.807) is 7.05 Å². The molecule has 0 radical (unpaired) electrons. The van der Waals surface area contributed by atoms with Gasteiger partial charge < -0.3 is 15.4 Å². The number of nitrogens with zero attached hydrogens (tertiary/aromatic N) is 2. The van der Waals surface area contributed by atoms with Gasteiger partial charge in [0.15, 0.2) is 0 Å². The zero-order chi connectivity index (χ0) is 19.1. The summed E-state index contributed by atoms with van der Waals surface area (Å²) in [6.45, 7) is 0.542. The van der Waals surface area contributed by atoms with E-state index in [9.17, 15) is 22.0 Å². The van der Waals surface area contributed by atoms with E-state index in [4.69, 9.17) is 5.26 Å². The highest BCUT2D eigenvalue weighted by atomic mass is 31.0. The van der Waals surface area contributed by atoms with Crippen LogP contribution in [0.5, 0.6) is 0 Å². The normalized spacial score (nSPS) is 13.2. The van der Waals surface area contributed by atoms with Gasteiger partial charge in [0, 0.05) is 5.69 Å². The van der Waals surface area contributed by atoms with Crippen LogP contribution in [-0.2, 0) is 16.6 Å². The highest BCUT2D eigenvalue weighted by molar-refractivity contribution is 7.17. The van der Waals surface area contributed by atoms with Crippen molar-refractivity contribution in [1.82, 2.24) is 10.3 Å². The fourth-order valence-electron chi connectivity index (χ4n) is 2.03. The highest BCUT2D eigenvalue weighted by Gasteiger charge is 2.36. The molecular formula is C14H18F5N4OP. The summed E-state index contributed by atoms with van der Waals surface area (Å²) in [5.74, 6) is 0. The fourth-order valence-corrected chi connectivity index (χ4v) is 2.17. The molecule has 0 spiro atoms. The van der Waals surface area contributed by atoms with Crippen LogP contribution in [0, 0.1) is 11.5 Å². The first-order valence-electron chi connectivity index (χ1n) is 7.26. The van der Waals surface area contributed by atoms with Crippen molar-refractivity contribution in [3.05, 3.63) is 23.5 Å². The van der Waals surface area contributed by atoms with E-state index in [0.717, 1.165) is 15.3 Å². The lowest BCUT2D eigenvalue weighted by molar-refractivity contribution is -0.141. The van der Waals surface area contributed by atoms with Crippen LogP contribution in [0.3, 0.4) is 0 Å². The molecule has 1 rings (SSSR count). The van der Waals surface area contributed by atoms with Crippen molar-refractivity contribution in [2.45, 2.75) is 30.7 Å². The molecule has 0 amide bonds. The number of nitriles is 1. The molecule has 0 fully saturated rings. The number of anilines is 1. The Morgan fingerprint density at radius 3 is 2.44 bits per heavy atom. The van der Waals surface area contributed by atoms with E-state index in [-0.39, 0.29) is 12.3 Å². The highest BCUT2D eigenvalue weighted by Crippen LogP contribution is 2.38. The SMILES string of the molecule is CNCCCC(COC#N)Nc1cc(C(F)(F)F)nc(C(F)(F)P)c1. The summed E-state index contributed by atoms with van der Waals surface area (Å²) in [5, 5.41) is 14.1. The molecule has 140 valence electrons. The molecule has 1 heterocycles. The van der Waals surface area contributed by atoms with Crippen molar-refractivity contribution < 1.29 is 26.7 Å². The molecule has 0 aliphatic rings. The van der Waals surface area contributed by atoms with Gasteiger partial charge in [-0.25, -0.2) is 4.98 Å². The quantitative estimate of drug-likeness (QED) is 0.296. The van der Waals surface area contributed by atoms with E-state index >= 15 is 0 Å². The number of hydrogen-bond acceptors (Lipinski definition) is 5. The van der Waals surface area contributed by atoms with Crippen LogP contribution in [0.2, 0.25) is 0 Å². The number of halogens is 5. The topological polar surface area (TPSA) is 70.0 Å². The van der Waals surface area contributed by atoms with Gasteiger partial charge in [-0.1, -0.05) is 9.24 Å². The second-order valence-corrected chi connectivity index (χ2v) is 5.96. The molecule has 11 heteroatoms. The zero-order valence-corrected chi connectivity index (χ0v) is 14.5. The Hall–Kier alpha value is -1.72. The molecule has 0 aromatic carbocycles. The lowest BCUT2D eigenvalue weighted by Gasteiger charge is -2.21. The van der Waals surface area contributed by atoms with Crippen molar-refractivity contribution in [3.63, 3.8) is 0 Å². The third-order valence-corrected chi connectivity index (χ3v) is 3.45. The number of ether oxygens (including phenoxy) is 1. The van der Waals surface area contributed by atoms with E-state index < -0.39 is 29.3 Å². The molecule has 0 bridgehead atoms. The Balaban J connectivity index is 3.08. The van der Waals surface area contributed by atoms with Crippen LogP contribution in [0.25, 0.3) is 0 Å². The molecule has 0 aliphatic heterocycles. The fraction of sp³-hybridized carbons (Fsp3) is 0.571. The van der Waals surface area contributed by atoms with E-state index in [1.807, 2.05) is 0 Å². The zero-order valence-electron chi connectivity index (χ0n) is 13.3. The summed E-state index contributed by atoms with van der Waals surface area (Å²) >= 11 is 0. The molecule has 0 saturated carbocycles. The molecule has 5 nitrogen and oxygen atoms in total. The van der Waals surface area contributed by atoms with Crippen molar-refractivity contribution in [3.8, 4) is 6.26 Å². The number of nitrogens with one attached hydrogen (secondary N) is 2. The van der Waals surface area contributed by atoms with Crippen molar-refractivity contribution in [2.24, 2.45) is 0 Å². The predicted molar refractivity (Wildman–Crippen MR) is 85.0 cm³/mol. The minimum Gasteiger partial charge on any atom is -0.425 e. The first-order valence-corrected chi connectivity index (χ1v) is 7.84. The summed E-state index contributed by atoms with van der Waals surface area (Å²) < 4.78 is 70.2. The van der Waals surface area contributed by atoms with Crippen LogP contribution in [0.4, 0.5) is 27.6 Å². The van der Waals surface area contributed by atoms with Crippen molar-refractivity contribution in [2.75, 3.05) is 25.5 Å². The molecular weight excluding hydrogens is 366 g/mol. The second-order valence-electron chi connectivity index (χ2n) is 5.24. The average molecular weight is 384 g/mol. The lowest BCUT2D eigenvalue weighted by Crippen LogP contribution is -2.27. The number of hydrogen-bond donors (Lipinski definition) is 2. The van der Waals surface area contributed by atoms with Gasteiger partial charge in [-0.15, -0.1) is 0 Å². The maximum atomic E-state index is 13.4.